The maximum atomic E-state index is 5.54. The first kappa shape index (κ1) is 12.0. The van der Waals surface area contributed by atoms with Crippen LogP contribution in [0.4, 0.5) is 0 Å². The van der Waals surface area contributed by atoms with Crippen molar-refractivity contribution in [3.05, 3.63) is 0 Å². The van der Waals surface area contributed by atoms with Crippen LogP contribution in [0.15, 0.2) is 0 Å². The molecule has 1 rings (SSSR count). The largest absolute Gasteiger partial charge is 0.378 e. The Morgan fingerprint density at radius 2 is 1.67 bits per heavy atom. The van der Waals surface area contributed by atoms with Gasteiger partial charge in [-0.25, -0.2) is 0 Å². The van der Waals surface area contributed by atoms with Gasteiger partial charge in [0.05, 0.1) is 6.10 Å². The van der Waals surface area contributed by atoms with Gasteiger partial charge in [-0.1, -0.05) is 34.6 Å². The average Bonchev–Trinajstić information content (AvgIpc) is 2.35. The molecule has 1 heterocycles. The summed E-state index contributed by atoms with van der Waals surface area (Å²) in [5.41, 5.74) is 0. The average molecular weight is 172 g/mol. The monoisotopic (exact) mass is 172 g/mol. The third-order valence-corrected chi connectivity index (χ3v) is 2.59. The fourth-order valence-electron chi connectivity index (χ4n) is 2.19. The Kier molecular flexibility index (Phi) is 5.56. The van der Waals surface area contributed by atoms with Crippen molar-refractivity contribution in [2.24, 2.45) is 17.8 Å². The minimum atomic E-state index is 0.481. The maximum absolute atomic E-state index is 5.54. The van der Waals surface area contributed by atoms with Gasteiger partial charge in [0.1, 0.15) is 0 Å². The number of hydrogen-bond donors (Lipinski definition) is 0. The zero-order valence-corrected chi connectivity index (χ0v) is 9.42. The highest BCUT2D eigenvalue weighted by molar-refractivity contribution is 4.80. The van der Waals surface area contributed by atoms with E-state index in [1.54, 1.807) is 0 Å². The van der Waals surface area contributed by atoms with Crippen molar-refractivity contribution in [2.75, 3.05) is 6.61 Å². The van der Waals surface area contributed by atoms with Crippen LogP contribution in [-0.4, -0.2) is 12.7 Å². The molecule has 1 aliphatic rings. The first-order valence-electron chi connectivity index (χ1n) is 5.24. The van der Waals surface area contributed by atoms with Crippen molar-refractivity contribution < 1.29 is 4.74 Å². The molecule has 0 spiro atoms. The predicted octanol–water partition coefficient (Wildman–Crippen LogP) is 3.34. The summed E-state index contributed by atoms with van der Waals surface area (Å²) in [6.45, 7) is 14.0. The molecule has 3 atom stereocenters. The molecule has 2 unspecified atom stereocenters. The van der Waals surface area contributed by atoms with Gasteiger partial charge >= 0.3 is 0 Å². The van der Waals surface area contributed by atoms with Gasteiger partial charge in [-0.15, -0.1) is 0 Å². The quantitative estimate of drug-likeness (QED) is 0.589. The van der Waals surface area contributed by atoms with Crippen LogP contribution in [0.2, 0.25) is 0 Å². The van der Waals surface area contributed by atoms with Gasteiger partial charge in [-0.05, 0) is 24.7 Å². The first-order valence-corrected chi connectivity index (χ1v) is 5.24. The normalized spacial score (nSPS) is 34.8. The van der Waals surface area contributed by atoms with Crippen LogP contribution in [0.25, 0.3) is 0 Å². The highest BCUT2D eigenvalue weighted by Gasteiger charge is 2.33. The molecule has 0 radical (unpaired) electrons. The lowest BCUT2D eigenvalue weighted by Crippen LogP contribution is -2.21. The van der Waals surface area contributed by atoms with E-state index in [2.05, 4.69) is 27.7 Å². The van der Waals surface area contributed by atoms with E-state index in [1.165, 1.54) is 0 Å². The van der Waals surface area contributed by atoms with Crippen LogP contribution in [0, 0.1) is 17.8 Å². The lowest BCUT2D eigenvalue weighted by atomic mass is 9.83. The van der Waals surface area contributed by atoms with Crippen molar-refractivity contribution in [3.63, 3.8) is 0 Å². The van der Waals surface area contributed by atoms with Gasteiger partial charge in [0, 0.05) is 6.61 Å². The SMILES string of the molecule is CC.CC(C)C1C(C)CO[C@H]1C. The molecule has 1 fully saturated rings. The lowest BCUT2D eigenvalue weighted by Gasteiger charge is -2.21. The Bertz CT molecular complexity index is 99.6. The van der Waals surface area contributed by atoms with E-state index in [9.17, 15) is 0 Å². The summed E-state index contributed by atoms with van der Waals surface area (Å²) in [4.78, 5) is 0. The van der Waals surface area contributed by atoms with E-state index >= 15 is 0 Å². The molecule has 1 aliphatic heterocycles. The maximum Gasteiger partial charge on any atom is 0.0581 e. The second-order valence-electron chi connectivity index (χ2n) is 3.84. The number of ether oxygens (including phenoxy) is 1. The molecule has 0 N–H and O–H groups in total. The molecular formula is C11H24O. The molecule has 0 saturated carbocycles. The Hall–Kier alpha value is -0.0400. The Balaban J connectivity index is 0.000000561. The molecule has 1 saturated heterocycles. The van der Waals surface area contributed by atoms with Crippen LogP contribution in [0.3, 0.4) is 0 Å². The molecule has 74 valence electrons. The Morgan fingerprint density at radius 1 is 1.17 bits per heavy atom. The smallest absolute Gasteiger partial charge is 0.0581 e. The van der Waals surface area contributed by atoms with Crippen molar-refractivity contribution in [3.8, 4) is 0 Å². The molecule has 1 heteroatoms. The third-order valence-electron chi connectivity index (χ3n) is 2.59. The van der Waals surface area contributed by atoms with E-state index in [-0.39, 0.29) is 0 Å². The number of rotatable bonds is 1. The van der Waals surface area contributed by atoms with Gasteiger partial charge in [0.25, 0.3) is 0 Å². The zero-order valence-electron chi connectivity index (χ0n) is 9.42. The van der Waals surface area contributed by atoms with E-state index in [4.69, 9.17) is 4.74 Å². The predicted molar refractivity (Wildman–Crippen MR) is 54.3 cm³/mol. The van der Waals surface area contributed by atoms with Gasteiger partial charge in [-0.3, -0.25) is 0 Å². The topological polar surface area (TPSA) is 9.23 Å². The summed E-state index contributed by atoms with van der Waals surface area (Å²) >= 11 is 0. The summed E-state index contributed by atoms with van der Waals surface area (Å²) in [6.07, 6.45) is 0.481. The molecule has 0 aromatic carbocycles. The minimum Gasteiger partial charge on any atom is -0.378 e. The van der Waals surface area contributed by atoms with Crippen LogP contribution in [0.1, 0.15) is 41.5 Å². The minimum absolute atomic E-state index is 0.481. The van der Waals surface area contributed by atoms with Crippen LogP contribution in [0.5, 0.6) is 0 Å². The second kappa shape index (κ2) is 5.58. The molecule has 0 bridgehead atoms. The molecule has 0 amide bonds. The van der Waals surface area contributed by atoms with E-state index in [0.29, 0.717) is 6.10 Å². The third kappa shape index (κ3) is 2.78. The number of hydrogen-bond acceptors (Lipinski definition) is 1. The highest BCUT2D eigenvalue weighted by atomic mass is 16.5. The Morgan fingerprint density at radius 3 is 1.83 bits per heavy atom. The van der Waals surface area contributed by atoms with Gasteiger partial charge < -0.3 is 4.74 Å². The molecular weight excluding hydrogens is 148 g/mol. The van der Waals surface area contributed by atoms with Gasteiger partial charge in [-0.2, -0.15) is 0 Å². The summed E-state index contributed by atoms with van der Waals surface area (Å²) in [7, 11) is 0. The van der Waals surface area contributed by atoms with Gasteiger partial charge in [0.2, 0.25) is 0 Å². The van der Waals surface area contributed by atoms with E-state index in [0.717, 1.165) is 24.4 Å². The molecule has 0 aromatic rings. The van der Waals surface area contributed by atoms with E-state index < -0.39 is 0 Å². The molecule has 12 heavy (non-hydrogen) atoms. The summed E-state index contributed by atoms with van der Waals surface area (Å²) in [5.74, 6) is 2.31. The molecule has 0 aliphatic carbocycles. The van der Waals surface area contributed by atoms with Crippen molar-refractivity contribution in [1.82, 2.24) is 0 Å². The van der Waals surface area contributed by atoms with E-state index in [1.807, 2.05) is 13.8 Å². The zero-order chi connectivity index (χ0) is 9.72. The van der Waals surface area contributed by atoms with Crippen molar-refractivity contribution in [1.29, 1.82) is 0 Å². The van der Waals surface area contributed by atoms with Crippen molar-refractivity contribution in [2.45, 2.75) is 47.6 Å². The fraction of sp³-hybridized carbons (Fsp3) is 1.00. The highest BCUT2D eigenvalue weighted by Crippen LogP contribution is 2.32. The molecule has 1 nitrogen and oxygen atoms in total. The Labute approximate surface area is 77.5 Å². The van der Waals surface area contributed by atoms with Crippen molar-refractivity contribution >= 4 is 0 Å². The van der Waals surface area contributed by atoms with Gasteiger partial charge in [0.15, 0.2) is 0 Å². The van der Waals surface area contributed by atoms with Crippen LogP contribution in [-0.2, 0) is 4.74 Å². The first-order chi connectivity index (χ1) is 5.63. The van der Waals surface area contributed by atoms with Crippen LogP contribution < -0.4 is 0 Å². The fourth-order valence-corrected chi connectivity index (χ4v) is 2.19. The second-order valence-corrected chi connectivity index (χ2v) is 3.84. The summed E-state index contributed by atoms with van der Waals surface area (Å²) in [6, 6.07) is 0. The lowest BCUT2D eigenvalue weighted by molar-refractivity contribution is 0.0946. The standard InChI is InChI=1S/C9H18O.C2H6/c1-6(2)9-7(3)5-10-8(9)4;1-2/h6-9H,5H2,1-4H3;1-2H3/t7?,8-,9?;/m0./s1. The summed E-state index contributed by atoms with van der Waals surface area (Å²) < 4.78 is 5.54. The van der Waals surface area contributed by atoms with Crippen LogP contribution >= 0.6 is 0 Å². The molecule has 0 aromatic heterocycles. The summed E-state index contributed by atoms with van der Waals surface area (Å²) in [5, 5.41) is 0.